The van der Waals surface area contributed by atoms with E-state index in [2.05, 4.69) is 0 Å². The fourth-order valence-corrected chi connectivity index (χ4v) is 1.61. The first-order valence-electron chi connectivity index (χ1n) is 4.79. The Balaban J connectivity index is 1.85. The van der Waals surface area contributed by atoms with Crippen molar-refractivity contribution in [2.75, 3.05) is 6.61 Å². The molecule has 3 nitrogen and oxygen atoms in total. The van der Waals surface area contributed by atoms with Crippen molar-refractivity contribution < 1.29 is 14.9 Å². The Labute approximate surface area is 83.0 Å². The predicted molar refractivity (Wildman–Crippen MR) is 51.9 cm³/mol. The van der Waals surface area contributed by atoms with Crippen molar-refractivity contribution in [2.45, 2.75) is 24.7 Å². The number of aliphatic hydroxyl groups is 2. The van der Waals surface area contributed by atoms with Gasteiger partial charge in [-0.1, -0.05) is 30.3 Å². The molecule has 2 rings (SSSR count). The molecule has 0 aromatic heterocycles. The van der Waals surface area contributed by atoms with Gasteiger partial charge in [0.05, 0.1) is 12.7 Å². The highest BCUT2D eigenvalue weighted by molar-refractivity contribution is 5.17. The van der Waals surface area contributed by atoms with Crippen molar-refractivity contribution in [1.82, 2.24) is 0 Å². The van der Waals surface area contributed by atoms with Crippen molar-refractivity contribution in [3.63, 3.8) is 0 Å². The van der Waals surface area contributed by atoms with E-state index in [1.54, 1.807) is 0 Å². The Kier molecular flexibility index (Phi) is 2.82. The molecule has 0 bridgehead atoms. The summed E-state index contributed by atoms with van der Waals surface area (Å²) >= 11 is 0. The van der Waals surface area contributed by atoms with Gasteiger partial charge in [0.1, 0.15) is 12.2 Å². The lowest BCUT2D eigenvalue weighted by Crippen LogP contribution is -2.21. The summed E-state index contributed by atoms with van der Waals surface area (Å²) in [6, 6.07) is 10.00. The van der Waals surface area contributed by atoms with Crippen molar-refractivity contribution >= 4 is 0 Å². The van der Waals surface area contributed by atoms with Crippen LogP contribution < -0.4 is 0 Å². The molecule has 1 aliphatic heterocycles. The fourth-order valence-electron chi connectivity index (χ4n) is 1.61. The standard InChI is InChI=1S/C11H14O3/c12-7-9(13)11-10(14-11)6-8-4-2-1-3-5-8/h1-5,9-13H,6-7H2. The number of benzene rings is 1. The monoisotopic (exact) mass is 194 g/mol. The van der Waals surface area contributed by atoms with E-state index >= 15 is 0 Å². The molecule has 76 valence electrons. The molecular weight excluding hydrogens is 180 g/mol. The third-order valence-corrected chi connectivity index (χ3v) is 2.47. The zero-order valence-corrected chi connectivity index (χ0v) is 7.84. The van der Waals surface area contributed by atoms with Crippen LogP contribution in [0.1, 0.15) is 5.56 Å². The Morgan fingerprint density at radius 1 is 1.29 bits per heavy atom. The van der Waals surface area contributed by atoms with Crippen LogP contribution in [-0.4, -0.2) is 35.1 Å². The Morgan fingerprint density at radius 3 is 2.64 bits per heavy atom. The van der Waals surface area contributed by atoms with Crippen molar-refractivity contribution in [1.29, 1.82) is 0 Å². The average Bonchev–Trinajstić information content (AvgIpc) is 2.98. The third-order valence-electron chi connectivity index (χ3n) is 2.47. The molecule has 3 heteroatoms. The lowest BCUT2D eigenvalue weighted by atomic mass is 10.1. The van der Waals surface area contributed by atoms with Crippen molar-refractivity contribution in [3.8, 4) is 0 Å². The molecule has 3 atom stereocenters. The Morgan fingerprint density at radius 2 is 2.00 bits per heavy atom. The van der Waals surface area contributed by atoms with Crippen LogP contribution in [0, 0.1) is 0 Å². The highest BCUT2D eigenvalue weighted by Crippen LogP contribution is 2.28. The normalized spacial score (nSPS) is 27.3. The molecule has 0 amide bonds. The maximum atomic E-state index is 9.27. The van der Waals surface area contributed by atoms with Gasteiger partial charge in [-0.2, -0.15) is 0 Å². The lowest BCUT2D eigenvalue weighted by molar-refractivity contribution is 0.0706. The summed E-state index contributed by atoms with van der Waals surface area (Å²) in [5, 5.41) is 18.0. The quantitative estimate of drug-likeness (QED) is 0.680. The van der Waals surface area contributed by atoms with Gasteiger partial charge >= 0.3 is 0 Å². The molecule has 0 saturated carbocycles. The number of rotatable bonds is 4. The summed E-state index contributed by atoms with van der Waals surface area (Å²) in [6.07, 6.45) is -0.0359. The summed E-state index contributed by atoms with van der Waals surface area (Å²) in [7, 11) is 0. The van der Waals surface area contributed by atoms with Crippen LogP contribution in [0.25, 0.3) is 0 Å². The molecule has 14 heavy (non-hydrogen) atoms. The molecular formula is C11H14O3. The summed E-state index contributed by atoms with van der Waals surface area (Å²) < 4.78 is 5.26. The van der Waals surface area contributed by atoms with Gasteiger partial charge in [0.25, 0.3) is 0 Å². The first-order chi connectivity index (χ1) is 6.81. The minimum Gasteiger partial charge on any atom is -0.394 e. The topological polar surface area (TPSA) is 53.0 Å². The Hall–Kier alpha value is -0.900. The number of aliphatic hydroxyl groups excluding tert-OH is 2. The summed E-state index contributed by atoms with van der Waals surface area (Å²) in [5.74, 6) is 0. The molecule has 1 aromatic rings. The smallest absolute Gasteiger partial charge is 0.113 e. The van der Waals surface area contributed by atoms with E-state index in [4.69, 9.17) is 9.84 Å². The Bertz CT molecular complexity index is 286. The first kappa shape index (κ1) is 9.65. The third kappa shape index (κ3) is 2.12. The maximum absolute atomic E-state index is 9.27. The minimum absolute atomic E-state index is 0.0690. The molecule has 0 radical (unpaired) electrons. The highest BCUT2D eigenvalue weighted by Gasteiger charge is 2.43. The second-order valence-corrected chi connectivity index (χ2v) is 3.58. The van der Waals surface area contributed by atoms with Gasteiger partial charge < -0.3 is 14.9 Å². The van der Waals surface area contributed by atoms with Gasteiger partial charge in [-0.05, 0) is 5.56 Å². The van der Waals surface area contributed by atoms with Gasteiger partial charge in [-0.3, -0.25) is 0 Å². The summed E-state index contributed by atoms with van der Waals surface area (Å²) in [4.78, 5) is 0. The molecule has 3 unspecified atom stereocenters. The number of ether oxygens (including phenoxy) is 1. The highest BCUT2D eigenvalue weighted by atomic mass is 16.6. The SMILES string of the molecule is OCC(O)C1OC1Cc1ccccc1. The summed E-state index contributed by atoms with van der Waals surface area (Å²) in [6.45, 7) is -0.226. The van der Waals surface area contributed by atoms with Crippen LogP contribution in [0.15, 0.2) is 30.3 Å². The van der Waals surface area contributed by atoms with E-state index < -0.39 is 6.10 Å². The lowest BCUT2D eigenvalue weighted by Gasteiger charge is -2.01. The minimum atomic E-state index is -0.733. The second-order valence-electron chi connectivity index (χ2n) is 3.58. The van der Waals surface area contributed by atoms with Crippen molar-refractivity contribution in [2.24, 2.45) is 0 Å². The number of hydrogen-bond acceptors (Lipinski definition) is 3. The zero-order chi connectivity index (χ0) is 9.97. The second kappa shape index (κ2) is 4.09. The molecule has 1 aliphatic rings. The zero-order valence-electron chi connectivity index (χ0n) is 7.84. The van der Waals surface area contributed by atoms with E-state index in [9.17, 15) is 5.11 Å². The van der Waals surface area contributed by atoms with Crippen LogP contribution in [0.4, 0.5) is 0 Å². The van der Waals surface area contributed by atoms with Crippen LogP contribution >= 0.6 is 0 Å². The van der Waals surface area contributed by atoms with Gasteiger partial charge in [-0.25, -0.2) is 0 Å². The maximum Gasteiger partial charge on any atom is 0.113 e. The summed E-state index contributed by atoms with van der Waals surface area (Å²) in [5.41, 5.74) is 1.20. The predicted octanol–water partition coefficient (Wildman–Crippen LogP) is 0.350. The molecule has 1 aromatic carbocycles. The van der Waals surface area contributed by atoms with E-state index in [1.807, 2.05) is 30.3 Å². The first-order valence-corrected chi connectivity index (χ1v) is 4.79. The van der Waals surface area contributed by atoms with Gasteiger partial charge in [-0.15, -0.1) is 0 Å². The van der Waals surface area contributed by atoms with E-state index in [0.717, 1.165) is 6.42 Å². The van der Waals surface area contributed by atoms with Crippen LogP contribution in [0.2, 0.25) is 0 Å². The fraction of sp³-hybridized carbons (Fsp3) is 0.455. The molecule has 1 heterocycles. The van der Waals surface area contributed by atoms with Gasteiger partial charge in [0.2, 0.25) is 0 Å². The van der Waals surface area contributed by atoms with E-state index in [-0.39, 0.29) is 18.8 Å². The van der Waals surface area contributed by atoms with Gasteiger partial charge in [0.15, 0.2) is 0 Å². The van der Waals surface area contributed by atoms with E-state index in [0.29, 0.717) is 0 Å². The molecule has 2 N–H and O–H groups in total. The largest absolute Gasteiger partial charge is 0.394 e. The molecule has 1 saturated heterocycles. The molecule has 1 fully saturated rings. The van der Waals surface area contributed by atoms with Gasteiger partial charge in [0, 0.05) is 6.42 Å². The van der Waals surface area contributed by atoms with Crippen molar-refractivity contribution in [3.05, 3.63) is 35.9 Å². The van der Waals surface area contributed by atoms with Crippen LogP contribution in [-0.2, 0) is 11.2 Å². The molecule has 0 spiro atoms. The van der Waals surface area contributed by atoms with Crippen LogP contribution in [0.5, 0.6) is 0 Å². The number of hydrogen-bond donors (Lipinski definition) is 2. The number of epoxide rings is 1. The average molecular weight is 194 g/mol. The molecule has 0 aliphatic carbocycles. The van der Waals surface area contributed by atoms with Crippen LogP contribution in [0.3, 0.4) is 0 Å². The van der Waals surface area contributed by atoms with E-state index in [1.165, 1.54) is 5.56 Å².